The van der Waals surface area contributed by atoms with Crippen molar-refractivity contribution >= 4 is 17.2 Å². The molecule has 0 aliphatic carbocycles. The molecule has 23 heavy (non-hydrogen) atoms. The van der Waals surface area contributed by atoms with Crippen molar-refractivity contribution in [2.75, 3.05) is 19.6 Å². The Morgan fingerprint density at radius 3 is 3.09 bits per heavy atom. The van der Waals surface area contributed by atoms with E-state index in [9.17, 15) is 4.79 Å². The number of nitrogens with one attached hydrogen (secondary N) is 1. The molecule has 3 heterocycles. The van der Waals surface area contributed by atoms with Crippen LogP contribution in [0.15, 0.2) is 10.9 Å². The Labute approximate surface area is 139 Å². The van der Waals surface area contributed by atoms with Crippen LogP contribution in [0.25, 0.3) is 0 Å². The maximum absolute atomic E-state index is 12.2. The Hall–Kier alpha value is -1.80. The van der Waals surface area contributed by atoms with Crippen molar-refractivity contribution in [1.29, 1.82) is 0 Å². The Kier molecular flexibility index (Phi) is 5.02. The molecule has 0 bridgehead atoms. The zero-order valence-corrected chi connectivity index (χ0v) is 14.2. The monoisotopic (exact) mass is 335 g/mol. The lowest BCUT2D eigenvalue weighted by Gasteiger charge is -2.31. The van der Waals surface area contributed by atoms with Gasteiger partial charge in [-0.05, 0) is 39.2 Å². The molecule has 0 aromatic carbocycles. The SMILES string of the molecule is Cc1nc(C(=O)NC[C@@H]2CCCN(Cc3ncon3)C2)c(C)s1. The lowest BCUT2D eigenvalue weighted by Crippen LogP contribution is -2.40. The summed E-state index contributed by atoms with van der Waals surface area (Å²) in [6.45, 7) is 7.20. The smallest absolute Gasteiger partial charge is 0.271 e. The van der Waals surface area contributed by atoms with Gasteiger partial charge in [-0.15, -0.1) is 11.3 Å². The number of aryl methyl sites for hydroxylation is 2. The third-order valence-electron chi connectivity index (χ3n) is 4.04. The largest absolute Gasteiger partial charge is 0.350 e. The molecule has 7 nitrogen and oxygen atoms in total. The Morgan fingerprint density at radius 2 is 2.39 bits per heavy atom. The molecule has 0 unspecified atom stereocenters. The van der Waals surface area contributed by atoms with Gasteiger partial charge in [0.15, 0.2) is 5.82 Å². The van der Waals surface area contributed by atoms with Gasteiger partial charge in [0.05, 0.1) is 11.6 Å². The first-order chi connectivity index (χ1) is 11.1. The standard InChI is InChI=1S/C15H21N5O2S/c1-10-14(18-11(2)23-10)15(21)16-6-12-4-3-5-20(7-12)8-13-17-9-22-19-13/h9,12H,3-8H2,1-2H3,(H,16,21)/t12-/m0/s1. The quantitative estimate of drug-likeness (QED) is 0.897. The summed E-state index contributed by atoms with van der Waals surface area (Å²) in [5, 5.41) is 7.82. The Bertz CT molecular complexity index is 655. The lowest BCUT2D eigenvalue weighted by molar-refractivity contribution is 0.0924. The van der Waals surface area contributed by atoms with Crippen molar-refractivity contribution in [2.45, 2.75) is 33.2 Å². The van der Waals surface area contributed by atoms with E-state index >= 15 is 0 Å². The molecule has 0 radical (unpaired) electrons. The van der Waals surface area contributed by atoms with Crippen molar-refractivity contribution in [3.8, 4) is 0 Å². The number of nitrogens with zero attached hydrogens (tertiary/aromatic N) is 4. The van der Waals surface area contributed by atoms with Gasteiger partial charge in [-0.2, -0.15) is 4.98 Å². The molecule has 8 heteroatoms. The second-order valence-corrected chi connectivity index (χ2v) is 7.35. The fourth-order valence-electron chi connectivity index (χ4n) is 2.98. The normalized spacial score (nSPS) is 19.0. The molecule has 2 aromatic rings. The fourth-order valence-corrected chi connectivity index (χ4v) is 3.80. The molecular weight excluding hydrogens is 314 g/mol. The van der Waals surface area contributed by atoms with Crippen LogP contribution < -0.4 is 5.32 Å². The number of thiazole rings is 1. The molecule has 1 N–H and O–H groups in total. The van der Waals surface area contributed by atoms with Crippen molar-refractivity contribution in [2.24, 2.45) is 5.92 Å². The third-order valence-corrected chi connectivity index (χ3v) is 4.93. The first kappa shape index (κ1) is 16.1. The van der Waals surface area contributed by atoms with Gasteiger partial charge in [-0.3, -0.25) is 9.69 Å². The van der Waals surface area contributed by atoms with Crippen molar-refractivity contribution in [3.63, 3.8) is 0 Å². The number of carbonyl (C=O) groups is 1. The highest BCUT2D eigenvalue weighted by Gasteiger charge is 2.22. The molecule has 0 saturated carbocycles. The number of amides is 1. The summed E-state index contributed by atoms with van der Waals surface area (Å²) >= 11 is 1.56. The lowest BCUT2D eigenvalue weighted by atomic mass is 9.98. The molecular formula is C15H21N5O2S. The number of aromatic nitrogens is 3. The molecule has 2 aromatic heterocycles. The number of likely N-dealkylation sites (tertiary alicyclic amines) is 1. The minimum Gasteiger partial charge on any atom is -0.350 e. The fraction of sp³-hybridized carbons (Fsp3) is 0.600. The van der Waals surface area contributed by atoms with Gasteiger partial charge >= 0.3 is 0 Å². The highest BCUT2D eigenvalue weighted by Crippen LogP contribution is 2.19. The number of carbonyl (C=O) groups excluding carboxylic acids is 1. The van der Waals surface area contributed by atoms with Gasteiger partial charge in [0, 0.05) is 18.0 Å². The van der Waals surface area contributed by atoms with E-state index in [-0.39, 0.29) is 5.91 Å². The van der Waals surface area contributed by atoms with E-state index in [1.54, 1.807) is 11.3 Å². The van der Waals surface area contributed by atoms with Gasteiger partial charge in [0.2, 0.25) is 6.39 Å². The van der Waals surface area contributed by atoms with Crippen LogP contribution in [0, 0.1) is 19.8 Å². The van der Waals surface area contributed by atoms with Crippen LogP contribution >= 0.6 is 11.3 Å². The molecule has 124 valence electrons. The van der Waals surface area contributed by atoms with Gasteiger partial charge < -0.3 is 9.84 Å². The topological polar surface area (TPSA) is 84.2 Å². The first-order valence-corrected chi connectivity index (χ1v) is 8.63. The van der Waals surface area contributed by atoms with Crippen molar-refractivity contribution in [3.05, 3.63) is 27.8 Å². The van der Waals surface area contributed by atoms with Gasteiger partial charge in [-0.1, -0.05) is 5.16 Å². The van der Waals surface area contributed by atoms with E-state index in [0.717, 1.165) is 35.8 Å². The Morgan fingerprint density at radius 1 is 1.52 bits per heavy atom. The highest BCUT2D eigenvalue weighted by atomic mass is 32.1. The zero-order valence-electron chi connectivity index (χ0n) is 13.4. The van der Waals surface area contributed by atoms with E-state index in [2.05, 4.69) is 25.3 Å². The molecule has 1 saturated heterocycles. The second kappa shape index (κ2) is 7.18. The summed E-state index contributed by atoms with van der Waals surface area (Å²) in [7, 11) is 0. The van der Waals surface area contributed by atoms with Crippen LogP contribution in [0.1, 0.15) is 39.0 Å². The highest BCUT2D eigenvalue weighted by molar-refractivity contribution is 7.11. The van der Waals surface area contributed by atoms with Crippen LogP contribution in [0.2, 0.25) is 0 Å². The van der Waals surface area contributed by atoms with E-state index in [1.165, 1.54) is 6.39 Å². The van der Waals surface area contributed by atoms with Crippen LogP contribution in [-0.4, -0.2) is 45.6 Å². The molecule has 1 amide bonds. The number of piperidine rings is 1. The summed E-state index contributed by atoms with van der Waals surface area (Å²) in [4.78, 5) is 23.9. The van der Waals surface area contributed by atoms with E-state index in [0.29, 0.717) is 30.5 Å². The zero-order chi connectivity index (χ0) is 16.2. The molecule has 1 aliphatic rings. The number of hydrogen-bond acceptors (Lipinski definition) is 7. The van der Waals surface area contributed by atoms with Crippen LogP contribution in [0.5, 0.6) is 0 Å². The van der Waals surface area contributed by atoms with Crippen LogP contribution in [0.4, 0.5) is 0 Å². The summed E-state index contributed by atoms with van der Waals surface area (Å²) in [5.74, 6) is 1.09. The van der Waals surface area contributed by atoms with E-state index < -0.39 is 0 Å². The second-order valence-electron chi connectivity index (χ2n) is 5.94. The van der Waals surface area contributed by atoms with Crippen LogP contribution in [0.3, 0.4) is 0 Å². The number of rotatable bonds is 5. The minimum absolute atomic E-state index is 0.0675. The van der Waals surface area contributed by atoms with Gasteiger partial charge in [0.1, 0.15) is 5.69 Å². The van der Waals surface area contributed by atoms with Crippen LogP contribution in [-0.2, 0) is 6.54 Å². The maximum atomic E-state index is 12.2. The maximum Gasteiger partial charge on any atom is 0.271 e. The number of hydrogen-bond donors (Lipinski definition) is 1. The predicted octanol–water partition coefficient (Wildman–Crippen LogP) is 1.78. The minimum atomic E-state index is -0.0675. The van der Waals surface area contributed by atoms with Gasteiger partial charge in [-0.25, -0.2) is 4.98 Å². The van der Waals surface area contributed by atoms with Gasteiger partial charge in [0.25, 0.3) is 5.91 Å². The summed E-state index contributed by atoms with van der Waals surface area (Å²) in [5.41, 5.74) is 0.562. The van der Waals surface area contributed by atoms with Crippen molar-refractivity contribution in [1.82, 2.24) is 25.3 Å². The molecule has 1 aliphatic heterocycles. The summed E-state index contributed by atoms with van der Waals surface area (Å²) in [6, 6.07) is 0. The van der Waals surface area contributed by atoms with E-state index in [1.807, 2.05) is 13.8 Å². The third kappa shape index (κ3) is 4.14. The van der Waals surface area contributed by atoms with E-state index in [4.69, 9.17) is 4.52 Å². The molecule has 1 fully saturated rings. The molecule has 1 atom stereocenters. The average Bonchev–Trinajstić information content (AvgIpc) is 3.14. The summed E-state index contributed by atoms with van der Waals surface area (Å²) < 4.78 is 4.77. The average molecular weight is 335 g/mol. The summed E-state index contributed by atoms with van der Waals surface area (Å²) in [6.07, 6.45) is 3.60. The predicted molar refractivity (Wildman–Crippen MR) is 86.2 cm³/mol. The van der Waals surface area contributed by atoms with Crippen molar-refractivity contribution < 1.29 is 9.32 Å². The Balaban J connectivity index is 1.50. The first-order valence-electron chi connectivity index (χ1n) is 7.81. The molecule has 3 rings (SSSR count). The molecule has 0 spiro atoms.